The van der Waals surface area contributed by atoms with Crippen LogP contribution in [-0.2, 0) is 11.8 Å². The number of H-pyrrole nitrogens is 1. The zero-order valence-electron chi connectivity index (χ0n) is 12.1. The Labute approximate surface area is 125 Å². The minimum atomic E-state index is -0.568. The molecular weight excluding hydrogens is 288 g/mol. The lowest BCUT2D eigenvalue weighted by Gasteiger charge is -2.11. The number of rotatable bonds is 3. The normalized spacial score (nSPS) is 17.8. The van der Waals surface area contributed by atoms with E-state index in [0.717, 1.165) is 19.4 Å². The molecule has 1 aliphatic heterocycles. The summed E-state index contributed by atoms with van der Waals surface area (Å²) in [6, 6.07) is 2.95. The summed E-state index contributed by atoms with van der Waals surface area (Å²) in [5, 5.41) is 3.02. The summed E-state index contributed by atoms with van der Waals surface area (Å²) in [5.74, 6) is -0.356. The first kappa shape index (κ1) is 14.5. The first-order chi connectivity index (χ1) is 10.6. The second-order valence-electron chi connectivity index (χ2n) is 5.23. The third-order valence-electron chi connectivity index (χ3n) is 3.71. The number of aromatic nitrogens is 3. The van der Waals surface area contributed by atoms with E-state index >= 15 is 0 Å². The van der Waals surface area contributed by atoms with Crippen molar-refractivity contribution in [1.82, 2.24) is 19.9 Å². The number of pyridine rings is 1. The van der Waals surface area contributed by atoms with E-state index in [1.807, 2.05) is 0 Å². The van der Waals surface area contributed by atoms with Crippen LogP contribution in [0.3, 0.4) is 0 Å². The van der Waals surface area contributed by atoms with Crippen molar-refractivity contribution in [2.24, 2.45) is 7.05 Å². The standard InChI is InChI=1S/C14H16N4O4/c1-18-11-9(12(19)17-14(18)21)4-5-10(16-11)13(20)15-7-8-3-2-6-22-8/h4-5,8H,2-3,6-7H2,1H3,(H,15,20)(H,17,19,21). The minimum Gasteiger partial charge on any atom is -0.376 e. The van der Waals surface area contributed by atoms with Crippen LogP contribution >= 0.6 is 0 Å². The van der Waals surface area contributed by atoms with E-state index in [-0.39, 0.29) is 28.7 Å². The van der Waals surface area contributed by atoms with E-state index in [0.29, 0.717) is 6.54 Å². The number of ether oxygens (including phenoxy) is 1. The van der Waals surface area contributed by atoms with Gasteiger partial charge in [0, 0.05) is 20.2 Å². The number of nitrogens with zero attached hydrogens (tertiary/aromatic N) is 2. The molecule has 0 saturated carbocycles. The van der Waals surface area contributed by atoms with Gasteiger partial charge in [0.25, 0.3) is 11.5 Å². The average Bonchev–Trinajstić information content (AvgIpc) is 3.03. The number of amides is 1. The number of carbonyl (C=O) groups is 1. The maximum absolute atomic E-state index is 12.1. The molecule has 0 radical (unpaired) electrons. The van der Waals surface area contributed by atoms with Gasteiger partial charge >= 0.3 is 5.69 Å². The molecule has 1 aliphatic rings. The number of aromatic amines is 1. The molecule has 0 bridgehead atoms. The van der Waals surface area contributed by atoms with Crippen molar-refractivity contribution in [3.05, 3.63) is 38.7 Å². The van der Waals surface area contributed by atoms with Crippen LogP contribution < -0.4 is 16.6 Å². The Morgan fingerprint density at radius 2 is 2.32 bits per heavy atom. The van der Waals surface area contributed by atoms with Gasteiger partial charge in [-0.1, -0.05) is 0 Å². The summed E-state index contributed by atoms with van der Waals surface area (Å²) in [5.41, 5.74) is -0.747. The van der Waals surface area contributed by atoms with Crippen molar-refractivity contribution in [2.45, 2.75) is 18.9 Å². The predicted octanol–water partition coefficient (Wildman–Crippen LogP) is -0.469. The maximum atomic E-state index is 12.1. The van der Waals surface area contributed by atoms with Gasteiger partial charge in [0.2, 0.25) is 0 Å². The van der Waals surface area contributed by atoms with Crippen LogP contribution in [0.1, 0.15) is 23.3 Å². The zero-order chi connectivity index (χ0) is 15.7. The fraction of sp³-hybridized carbons (Fsp3) is 0.429. The molecule has 2 aromatic heterocycles. The fourth-order valence-corrected chi connectivity index (χ4v) is 2.45. The Hall–Kier alpha value is -2.48. The molecule has 1 amide bonds. The number of nitrogens with one attached hydrogen (secondary N) is 2. The highest BCUT2D eigenvalue weighted by atomic mass is 16.5. The average molecular weight is 304 g/mol. The quantitative estimate of drug-likeness (QED) is 0.797. The minimum absolute atomic E-state index is 0.0385. The summed E-state index contributed by atoms with van der Waals surface area (Å²) in [6.45, 7) is 1.15. The maximum Gasteiger partial charge on any atom is 0.329 e. The first-order valence-electron chi connectivity index (χ1n) is 7.06. The highest BCUT2D eigenvalue weighted by Crippen LogP contribution is 2.11. The largest absolute Gasteiger partial charge is 0.376 e. The van der Waals surface area contributed by atoms with Crippen molar-refractivity contribution in [1.29, 1.82) is 0 Å². The fourth-order valence-electron chi connectivity index (χ4n) is 2.45. The molecule has 1 atom stereocenters. The Kier molecular flexibility index (Phi) is 3.76. The van der Waals surface area contributed by atoms with Crippen molar-refractivity contribution >= 4 is 16.9 Å². The smallest absolute Gasteiger partial charge is 0.329 e. The van der Waals surface area contributed by atoms with E-state index in [2.05, 4.69) is 15.3 Å². The lowest BCUT2D eigenvalue weighted by atomic mass is 10.2. The van der Waals surface area contributed by atoms with Crippen molar-refractivity contribution < 1.29 is 9.53 Å². The highest BCUT2D eigenvalue weighted by Gasteiger charge is 2.17. The molecular formula is C14H16N4O4. The van der Waals surface area contributed by atoms with Crippen LogP contribution in [0.4, 0.5) is 0 Å². The first-order valence-corrected chi connectivity index (χ1v) is 7.06. The molecule has 2 N–H and O–H groups in total. The third-order valence-corrected chi connectivity index (χ3v) is 3.71. The Balaban J connectivity index is 1.87. The number of hydrogen-bond acceptors (Lipinski definition) is 5. The van der Waals surface area contributed by atoms with Crippen molar-refractivity contribution in [2.75, 3.05) is 13.2 Å². The van der Waals surface area contributed by atoms with E-state index in [1.165, 1.54) is 23.7 Å². The molecule has 1 unspecified atom stereocenters. The molecule has 0 spiro atoms. The Bertz CT molecular complexity index is 833. The molecule has 22 heavy (non-hydrogen) atoms. The molecule has 8 nitrogen and oxygen atoms in total. The second-order valence-corrected chi connectivity index (χ2v) is 5.23. The molecule has 2 aromatic rings. The summed E-state index contributed by atoms with van der Waals surface area (Å²) in [7, 11) is 1.49. The number of hydrogen-bond donors (Lipinski definition) is 2. The van der Waals surface area contributed by atoms with Crippen LogP contribution in [-0.4, -0.2) is 39.7 Å². The van der Waals surface area contributed by atoms with Crippen LogP contribution in [0.2, 0.25) is 0 Å². The van der Waals surface area contributed by atoms with Gasteiger partial charge in [0.1, 0.15) is 11.3 Å². The summed E-state index contributed by atoms with van der Waals surface area (Å²) < 4.78 is 6.64. The van der Waals surface area contributed by atoms with Gasteiger partial charge in [-0.05, 0) is 25.0 Å². The highest BCUT2D eigenvalue weighted by molar-refractivity contribution is 5.94. The molecule has 1 fully saturated rings. The van der Waals surface area contributed by atoms with Gasteiger partial charge in [-0.2, -0.15) is 0 Å². The van der Waals surface area contributed by atoms with Gasteiger partial charge in [-0.3, -0.25) is 19.1 Å². The zero-order valence-corrected chi connectivity index (χ0v) is 12.1. The van der Waals surface area contributed by atoms with Crippen molar-refractivity contribution in [3.63, 3.8) is 0 Å². The van der Waals surface area contributed by atoms with Crippen LogP contribution in [0, 0.1) is 0 Å². The van der Waals surface area contributed by atoms with E-state index in [9.17, 15) is 14.4 Å². The summed E-state index contributed by atoms with van der Waals surface area (Å²) >= 11 is 0. The third kappa shape index (κ3) is 2.64. The summed E-state index contributed by atoms with van der Waals surface area (Å²) in [6.07, 6.45) is 1.96. The Morgan fingerprint density at radius 1 is 1.50 bits per heavy atom. The molecule has 116 valence electrons. The van der Waals surface area contributed by atoms with Crippen molar-refractivity contribution in [3.8, 4) is 0 Å². The second kappa shape index (κ2) is 5.72. The monoisotopic (exact) mass is 304 g/mol. The van der Waals surface area contributed by atoms with E-state index in [4.69, 9.17) is 4.74 Å². The van der Waals surface area contributed by atoms with Gasteiger partial charge in [-0.25, -0.2) is 9.78 Å². The molecule has 3 rings (SSSR count). The number of carbonyl (C=O) groups excluding carboxylic acids is 1. The molecule has 1 saturated heterocycles. The van der Waals surface area contributed by atoms with Gasteiger partial charge in [-0.15, -0.1) is 0 Å². The van der Waals surface area contributed by atoms with E-state index in [1.54, 1.807) is 0 Å². The summed E-state index contributed by atoms with van der Waals surface area (Å²) in [4.78, 5) is 41.7. The van der Waals surface area contributed by atoms with Gasteiger partial charge < -0.3 is 10.1 Å². The number of aryl methyl sites for hydroxylation is 1. The van der Waals surface area contributed by atoms with Gasteiger partial charge in [0.05, 0.1) is 11.5 Å². The molecule has 3 heterocycles. The number of fused-ring (bicyclic) bond motifs is 1. The SMILES string of the molecule is Cn1c(=O)[nH]c(=O)c2ccc(C(=O)NCC3CCCO3)nc21. The molecule has 8 heteroatoms. The van der Waals surface area contributed by atoms with Crippen LogP contribution in [0.15, 0.2) is 21.7 Å². The topological polar surface area (TPSA) is 106 Å². The van der Waals surface area contributed by atoms with E-state index < -0.39 is 11.2 Å². The lowest BCUT2D eigenvalue weighted by Crippen LogP contribution is -2.33. The van der Waals surface area contributed by atoms with Crippen LogP contribution in [0.25, 0.3) is 11.0 Å². The predicted molar refractivity (Wildman–Crippen MR) is 78.9 cm³/mol. The molecule has 0 aromatic carbocycles. The molecule has 0 aliphatic carbocycles. The lowest BCUT2D eigenvalue weighted by molar-refractivity contribution is 0.0854. The van der Waals surface area contributed by atoms with Crippen LogP contribution in [0.5, 0.6) is 0 Å². The van der Waals surface area contributed by atoms with Gasteiger partial charge in [0.15, 0.2) is 0 Å². The Morgan fingerprint density at radius 3 is 3.05 bits per heavy atom.